The van der Waals surface area contributed by atoms with Gasteiger partial charge in [-0.1, -0.05) is 0 Å². The van der Waals surface area contributed by atoms with Crippen molar-refractivity contribution >= 4 is 11.0 Å². The monoisotopic (exact) mass is 309 g/mol. The van der Waals surface area contributed by atoms with Gasteiger partial charge < -0.3 is 8.83 Å². The van der Waals surface area contributed by atoms with Crippen LogP contribution in [-0.2, 0) is 25.9 Å². The molecule has 0 saturated heterocycles. The minimum Gasteiger partial charge on any atom is -0.468 e. The molecule has 0 N–H and O–H groups in total. The third kappa shape index (κ3) is 2.82. The number of hydrogen-bond acceptors (Lipinski definition) is 4. The summed E-state index contributed by atoms with van der Waals surface area (Å²) in [7, 11) is 2.02. The second-order valence-corrected chi connectivity index (χ2v) is 6.31. The van der Waals surface area contributed by atoms with E-state index in [1.807, 2.05) is 19.2 Å². The van der Waals surface area contributed by atoms with E-state index < -0.39 is 0 Å². The van der Waals surface area contributed by atoms with Crippen LogP contribution in [0.1, 0.15) is 28.9 Å². The minimum absolute atomic E-state index is 0.281. The number of nitrogens with zero attached hydrogens (tertiary/aromatic N) is 1. The summed E-state index contributed by atoms with van der Waals surface area (Å²) in [6.45, 7) is 1.39. The highest BCUT2D eigenvalue weighted by Crippen LogP contribution is 2.29. The van der Waals surface area contributed by atoms with E-state index in [1.165, 1.54) is 17.5 Å². The second kappa shape index (κ2) is 5.70. The Labute approximate surface area is 134 Å². The smallest absolute Gasteiger partial charge is 0.336 e. The maximum atomic E-state index is 11.9. The first-order chi connectivity index (χ1) is 11.2. The third-order valence-electron chi connectivity index (χ3n) is 4.49. The Kier molecular flexibility index (Phi) is 3.54. The van der Waals surface area contributed by atoms with Gasteiger partial charge in [0.1, 0.15) is 11.3 Å². The fourth-order valence-electron chi connectivity index (χ4n) is 3.44. The molecule has 118 valence electrons. The topological polar surface area (TPSA) is 46.6 Å². The van der Waals surface area contributed by atoms with E-state index in [9.17, 15) is 4.79 Å². The Balaban J connectivity index is 1.69. The molecule has 0 bridgehead atoms. The van der Waals surface area contributed by atoms with Gasteiger partial charge in [-0.2, -0.15) is 0 Å². The zero-order chi connectivity index (χ0) is 15.8. The van der Waals surface area contributed by atoms with Crippen LogP contribution in [0.2, 0.25) is 0 Å². The van der Waals surface area contributed by atoms with E-state index in [4.69, 9.17) is 8.83 Å². The molecule has 2 heterocycles. The van der Waals surface area contributed by atoms with Gasteiger partial charge >= 0.3 is 5.63 Å². The molecule has 0 saturated carbocycles. The molecule has 4 nitrogen and oxygen atoms in total. The Morgan fingerprint density at radius 3 is 2.74 bits per heavy atom. The van der Waals surface area contributed by atoms with E-state index in [-0.39, 0.29) is 5.63 Å². The summed E-state index contributed by atoms with van der Waals surface area (Å²) in [5.74, 6) is 0.917. The van der Waals surface area contributed by atoms with Crippen LogP contribution in [0.3, 0.4) is 0 Å². The van der Waals surface area contributed by atoms with Crippen LogP contribution in [0.5, 0.6) is 0 Å². The van der Waals surface area contributed by atoms with Crippen molar-refractivity contribution < 1.29 is 8.83 Å². The van der Waals surface area contributed by atoms with E-state index in [1.54, 1.807) is 12.3 Å². The molecule has 2 aromatic heterocycles. The molecule has 1 aliphatic carbocycles. The molecule has 0 radical (unpaired) electrons. The molecule has 4 rings (SSSR count). The SMILES string of the molecule is CN(Cc1ccco1)Cc1cc(=O)oc2cc3c(cc12)CCC3. The van der Waals surface area contributed by atoms with Crippen molar-refractivity contribution in [1.29, 1.82) is 0 Å². The van der Waals surface area contributed by atoms with Crippen LogP contribution in [-0.4, -0.2) is 11.9 Å². The highest BCUT2D eigenvalue weighted by Gasteiger charge is 2.16. The van der Waals surface area contributed by atoms with Gasteiger partial charge in [0.15, 0.2) is 0 Å². The maximum absolute atomic E-state index is 11.9. The standard InChI is InChI=1S/C19H19NO3/c1-20(12-16-6-3-7-22-16)11-15-10-19(21)23-18-9-14-5-2-4-13(14)8-17(15)18/h3,6-10H,2,4-5,11-12H2,1H3. The number of aryl methyl sites for hydroxylation is 2. The lowest BCUT2D eigenvalue weighted by molar-refractivity contribution is 0.288. The molecule has 1 aliphatic rings. The van der Waals surface area contributed by atoms with Crippen molar-refractivity contribution in [2.45, 2.75) is 32.4 Å². The van der Waals surface area contributed by atoms with Gasteiger partial charge in [-0.05, 0) is 67.3 Å². The summed E-state index contributed by atoms with van der Waals surface area (Å²) in [4.78, 5) is 14.0. The summed E-state index contributed by atoms with van der Waals surface area (Å²) in [6, 6.07) is 9.72. The summed E-state index contributed by atoms with van der Waals surface area (Å²) in [5, 5.41) is 1.05. The average molecular weight is 309 g/mol. The van der Waals surface area contributed by atoms with E-state index in [2.05, 4.69) is 17.0 Å². The van der Waals surface area contributed by atoms with Gasteiger partial charge in [-0.25, -0.2) is 4.79 Å². The second-order valence-electron chi connectivity index (χ2n) is 6.31. The van der Waals surface area contributed by atoms with Crippen LogP contribution in [0.25, 0.3) is 11.0 Å². The number of fused-ring (bicyclic) bond motifs is 2. The van der Waals surface area contributed by atoms with Gasteiger partial charge in [0.2, 0.25) is 0 Å². The third-order valence-corrected chi connectivity index (χ3v) is 4.49. The Bertz CT molecular complexity index is 893. The Morgan fingerprint density at radius 1 is 1.13 bits per heavy atom. The molecule has 0 spiro atoms. The molecule has 3 aromatic rings. The summed E-state index contributed by atoms with van der Waals surface area (Å²) in [5.41, 5.74) is 4.15. The summed E-state index contributed by atoms with van der Waals surface area (Å²) < 4.78 is 10.8. The lowest BCUT2D eigenvalue weighted by Crippen LogP contribution is -2.18. The molecule has 1 aromatic carbocycles. The van der Waals surface area contributed by atoms with Crippen molar-refractivity contribution in [1.82, 2.24) is 4.90 Å². The molecule has 0 atom stereocenters. The van der Waals surface area contributed by atoms with Crippen LogP contribution in [0.15, 0.2) is 50.2 Å². The van der Waals surface area contributed by atoms with E-state index in [0.29, 0.717) is 18.7 Å². The van der Waals surface area contributed by atoms with Gasteiger partial charge in [0.25, 0.3) is 0 Å². The molecular weight excluding hydrogens is 290 g/mol. The minimum atomic E-state index is -0.281. The van der Waals surface area contributed by atoms with Crippen LogP contribution in [0.4, 0.5) is 0 Å². The molecular formula is C19H19NO3. The number of hydrogen-bond donors (Lipinski definition) is 0. The van der Waals surface area contributed by atoms with Gasteiger partial charge in [0, 0.05) is 18.0 Å². The highest BCUT2D eigenvalue weighted by atomic mass is 16.4. The fourth-order valence-corrected chi connectivity index (χ4v) is 3.44. The van der Waals surface area contributed by atoms with Crippen molar-refractivity contribution in [3.63, 3.8) is 0 Å². The van der Waals surface area contributed by atoms with Crippen LogP contribution >= 0.6 is 0 Å². The first-order valence-electron chi connectivity index (χ1n) is 7.98. The van der Waals surface area contributed by atoms with Gasteiger partial charge in [0.05, 0.1) is 12.8 Å². The zero-order valence-corrected chi connectivity index (χ0v) is 13.2. The Morgan fingerprint density at radius 2 is 1.96 bits per heavy atom. The molecule has 0 fully saturated rings. The normalized spacial score (nSPS) is 13.8. The molecule has 23 heavy (non-hydrogen) atoms. The van der Waals surface area contributed by atoms with E-state index in [0.717, 1.165) is 29.6 Å². The number of furan rings is 1. The Hall–Kier alpha value is -2.33. The van der Waals surface area contributed by atoms with Crippen molar-refractivity contribution in [2.24, 2.45) is 0 Å². The maximum Gasteiger partial charge on any atom is 0.336 e. The van der Waals surface area contributed by atoms with Crippen molar-refractivity contribution in [3.05, 3.63) is 69.5 Å². The van der Waals surface area contributed by atoms with E-state index >= 15 is 0 Å². The average Bonchev–Trinajstić information content (AvgIpc) is 3.15. The molecule has 4 heteroatoms. The first-order valence-corrected chi connectivity index (χ1v) is 7.98. The largest absolute Gasteiger partial charge is 0.468 e. The molecule has 0 amide bonds. The van der Waals surface area contributed by atoms with Crippen LogP contribution in [0, 0.1) is 0 Å². The quantitative estimate of drug-likeness (QED) is 0.692. The predicted molar refractivity (Wildman–Crippen MR) is 88.4 cm³/mol. The molecule has 0 aliphatic heterocycles. The summed E-state index contributed by atoms with van der Waals surface area (Å²) >= 11 is 0. The fraction of sp³-hybridized carbons (Fsp3) is 0.316. The summed E-state index contributed by atoms with van der Waals surface area (Å²) in [6.07, 6.45) is 5.06. The predicted octanol–water partition coefficient (Wildman–Crippen LogP) is 3.51. The van der Waals surface area contributed by atoms with Gasteiger partial charge in [-0.3, -0.25) is 4.90 Å². The number of benzene rings is 1. The lowest BCUT2D eigenvalue weighted by Gasteiger charge is -2.16. The van der Waals surface area contributed by atoms with Crippen LogP contribution < -0.4 is 5.63 Å². The highest BCUT2D eigenvalue weighted by molar-refractivity contribution is 5.82. The lowest BCUT2D eigenvalue weighted by atomic mass is 10.0. The van der Waals surface area contributed by atoms with Crippen molar-refractivity contribution in [2.75, 3.05) is 7.05 Å². The number of rotatable bonds is 4. The first kappa shape index (κ1) is 14.3. The molecule has 0 unspecified atom stereocenters. The van der Waals surface area contributed by atoms with Gasteiger partial charge in [-0.15, -0.1) is 0 Å². The zero-order valence-electron chi connectivity index (χ0n) is 13.2. The van der Waals surface area contributed by atoms with Crippen molar-refractivity contribution in [3.8, 4) is 0 Å².